The Bertz CT molecular complexity index is 461. The van der Waals surface area contributed by atoms with Crippen LogP contribution < -0.4 is 5.73 Å². The Labute approximate surface area is 92.7 Å². The first-order valence-corrected chi connectivity index (χ1v) is 4.29. The van der Waals surface area contributed by atoms with Gasteiger partial charge < -0.3 is 5.73 Å². The Kier molecular flexibility index (Phi) is 3.50. The van der Waals surface area contributed by atoms with E-state index in [0.717, 1.165) is 0 Å². The Balaban J connectivity index is 3.43. The molecule has 92 valence electrons. The molecule has 3 nitrogen and oxygen atoms in total. The second kappa shape index (κ2) is 4.53. The third-order valence-corrected chi connectivity index (χ3v) is 1.95. The number of nitrogens with two attached hydrogens (primary N) is 1. The van der Waals surface area contributed by atoms with Gasteiger partial charge in [-0.2, -0.15) is 18.4 Å². The number of nitrogen functional groups attached to an aromatic ring is 1. The van der Waals surface area contributed by atoms with Gasteiger partial charge in [-0.05, 0) is 6.07 Å². The highest BCUT2D eigenvalue weighted by Crippen LogP contribution is 2.35. The standard InChI is InChI=1S/C9H6F5N3/c10-7(11)4-3-5(9(12,13)14)6(1-2-15)17-8(4)16/h3,7H,1H2,(H2,16,17). The minimum atomic E-state index is -4.85. The van der Waals surface area contributed by atoms with Crippen molar-refractivity contribution in [1.82, 2.24) is 4.98 Å². The number of alkyl halides is 5. The van der Waals surface area contributed by atoms with Crippen molar-refractivity contribution in [3.8, 4) is 6.07 Å². The number of halogens is 5. The fraction of sp³-hybridized carbons (Fsp3) is 0.333. The maximum Gasteiger partial charge on any atom is 0.418 e. The van der Waals surface area contributed by atoms with Crippen molar-refractivity contribution < 1.29 is 22.0 Å². The molecular weight excluding hydrogens is 245 g/mol. The molecule has 8 heteroatoms. The summed E-state index contributed by atoms with van der Waals surface area (Å²) in [5.41, 5.74) is 2.10. The third kappa shape index (κ3) is 2.81. The van der Waals surface area contributed by atoms with Crippen LogP contribution in [0.2, 0.25) is 0 Å². The number of hydrogen-bond donors (Lipinski definition) is 1. The molecule has 0 aliphatic rings. The first-order valence-electron chi connectivity index (χ1n) is 4.29. The van der Waals surface area contributed by atoms with Crippen LogP contribution in [0, 0.1) is 11.3 Å². The smallest absolute Gasteiger partial charge is 0.383 e. The van der Waals surface area contributed by atoms with Crippen LogP contribution in [0.25, 0.3) is 0 Å². The zero-order valence-electron chi connectivity index (χ0n) is 8.22. The van der Waals surface area contributed by atoms with Crippen molar-refractivity contribution in [2.75, 3.05) is 5.73 Å². The molecule has 0 aromatic carbocycles. The van der Waals surface area contributed by atoms with E-state index in [9.17, 15) is 22.0 Å². The number of aromatic nitrogens is 1. The highest BCUT2D eigenvalue weighted by Gasteiger charge is 2.35. The lowest BCUT2D eigenvalue weighted by Crippen LogP contribution is -2.14. The summed E-state index contributed by atoms with van der Waals surface area (Å²) in [6.07, 6.45) is -8.65. The molecule has 0 saturated heterocycles. The fourth-order valence-electron chi connectivity index (χ4n) is 1.21. The summed E-state index contributed by atoms with van der Waals surface area (Å²) in [4.78, 5) is 3.21. The van der Waals surface area contributed by atoms with Gasteiger partial charge in [0.05, 0.1) is 29.3 Å². The summed E-state index contributed by atoms with van der Waals surface area (Å²) in [5.74, 6) is -0.696. The monoisotopic (exact) mass is 251 g/mol. The van der Waals surface area contributed by atoms with Crippen LogP contribution in [0.3, 0.4) is 0 Å². The number of hydrogen-bond acceptors (Lipinski definition) is 3. The molecule has 0 radical (unpaired) electrons. The third-order valence-electron chi connectivity index (χ3n) is 1.95. The lowest BCUT2D eigenvalue weighted by Gasteiger charge is -2.13. The predicted molar refractivity (Wildman–Crippen MR) is 47.9 cm³/mol. The number of rotatable bonds is 2. The van der Waals surface area contributed by atoms with Crippen LogP contribution in [-0.2, 0) is 12.6 Å². The first kappa shape index (κ1) is 13.2. The van der Waals surface area contributed by atoms with Crippen molar-refractivity contribution >= 4 is 5.82 Å². The van der Waals surface area contributed by atoms with E-state index in [-0.39, 0.29) is 6.07 Å². The van der Waals surface area contributed by atoms with Crippen LogP contribution in [0.4, 0.5) is 27.8 Å². The van der Waals surface area contributed by atoms with Gasteiger partial charge in [0, 0.05) is 0 Å². The zero-order chi connectivity index (χ0) is 13.2. The van der Waals surface area contributed by atoms with Crippen LogP contribution in [-0.4, -0.2) is 4.98 Å². The van der Waals surface area contributed by atoms with E-state index in [4.69, 9.17) is 11.0 Å². The predicted octanol–water partition coefficient (Wildman–Crippen LogP) is 2.69. The molecule has 1 heterocycles. The molecule has 1 aromatic rings. The number of anilines is 1. The summed E-state index contributed by atoms with van der Waals surface area (Å²) >= 11 is 0. The van der Waals surface area contributed by atoms with Gasteiger partial charge in [0.1, 0.15) is 5.82 Å². The van der Waals surface area contributed by atoms with Crippen LogP contribution in [0.1, 0.15) is 23.2 Å². The average Bonchev–Trinajstić information content (AvgIpc) is 2.15. The molecule has 17 heavy (non-hydrogen) atoms. The molecule has 0 amide bonds. The fourth-order valence-corrected chi connectivity index (χ4v) is 1.21. The second-order valence-electron chi connectivity index (χ2n) is 3.09. The molecule has 1 rings (SSSR count). The zero-order valence-corrected chi connectivity index (χ0v) is 8.22. The maximum absolute atomic E-state index is 12.5. The number of pyridine rings is 1. The lowest BCUT2D eigenvalue weighted by molar-refractivity contribution is -0.138. The van der Waals surface area contributed by atoms with Crippen molar-refractivity contribution in [3.63, 3.8) is 0 Å². The Morgan fingerprint density at radius 1 is 1.41 bits per heavy atom. The van der Waals surface area contributed by atoms with Gasteiger partial charge in [0.25, 0.3) is 6.43 Å². The summed E-state index contributed by atoms with van der Waals surface area (Å²) < 4.78 is 62.3. The molecule has 0 atom stereocenters. The summed E-state index contributed by atoms with van der Waals surface area (Å²) in [5, 5.41) is 8.33. The summed E-state index contributed by atoms with van der Waals surface area (Å²) in [6.45, 7) is 0. The van der Waals surface area contributed by atoms with E-state index in [1.165, 1.54) is 6.07 Å². The van der Waals surface area contributed by atoms with Gasteiger partial charge in [-0.1, -0.05) is 0 Å². The molecule has 0 fully saturated rings. The van der Waals surface area contributed by atoms with E-state index < -0.39 is 41.7 Å². The Hall–Kier alpha value is -1.91. The molecule has 0 unspecified atom stereocenters. The van der Waals surface area contributed by atoms with Gasteiger partial charge in [0.15, 0.2) is 0 Å². The minimum absolute atomic E-state index is 0.236. The van der Waals surface area contributed by atoms with E-state index in [1.54, 1.807) is 0 Å². The van der Waals surface area contributed by atoms with Gasteiger partial charge in [0.2, 0.25) is 0 Å². The van der Waals surface area contributed by atoms with Crippen molar-refractivity contribution in [1.29, 1.82) is 5.26 Å². The van der Waals surface area contributed by atoms with Crippen LogP contribution >= 0.6 is 0 Å². The molecule has 0 bridgehead atoms. The quantitative estimate of drug-likeness (QED) is 0.822. The maximum atomic E-state index is 12.5. The number of nitrogens with zero attached hydrogens (tertiary/aromatic N) is 2. The van der Waals surface area contributed by atoms with Crippen LogP contribution in [0.5, 0.6) is 0 Å². The second-order valence-corrected chi connectivity index (χ2v) is 3.09. The first-order chi connectivity index (χ1) is 7.77. The normalized spacial score (nSPS) is 11.6. The molecular formula is C9H6F5N3. The van der Waals surface area contributed by atoms with E-state index >= 15 is 0 Å². The summed E-state index contributed by atoms with van der Waals surface area (Å²) in [7, 11) is 0. The average molecular weight is 251 g/mol. The summed E-state index contributed by atoms with van der Waals surface area (Å²) in [6, 6.07) is 1.70. The number of nitriles is 1. The molecule has 2 N–H and O–H groups in total. The van der Waals surface area contributed by atoms with E-state index in [0.29, 0.717) is 0 Å². The van der Waals surface area contributed by atoms with Crippen LogP contribution in [0.15, 0.2) is 6.07 Å². The van der Waals surface area contributed by atoms with Crippen molar-refractivity contribution in [2.45, 2.75) is 19.0 Å². The van der Waals surface area contributed by atoms with Gasteiger partial charge in [-0.25, -0.2) is 13.8 Å². The van der Waals surface area contributed by atoms with Crippen molar-refractivity contribution in [3.05, 3.63) is 22.9 Å². The molecule has 1 aromatic heterocycles. The van der Waals surface area contributed by atoms with Gasteiger partial charge in [-0.15, -0.1) is 0 Å². The van der Waals surface area contributed by atoms with Crippen molar-refractivity contribution in [2.24, 2.45) is 0 Å². The Morgan fingerprint density at radius 3 is 2.41 bits per heavy atom. The molecule has 0 aliphatic heterocycles. The Morgan fingerprint density at radius 2 is 2.00 bits per heavy atom. The highest BCUT2D eigenvalue weighted by atomic mass is 19.4. The minimum Gasteiger partial charge on any atom is -0.383 e. The van der Waals surface area contributed by atoms with E-state index in [1.807, 2.05) is 0 Å². The van der Waals surface area contributed by atoms with Gasteiger partial charge >= 0.3 is 6.18 Å². The molecule has 0 spiro atoms. The highest BCUT2D eigenvalue weighted by molar-refractivity contribution is 5.46. The molecule has 0 aliphatic carbocycles. The SMILES string of the molecule is N#CCc1nc(N)c(C(F)F)cc1C(F)(F)F. The van der Waals surface area contributed by atoms with E-state index in [2.05, 4.69) is 4.98 Å². The van der Waals surface area contributed by atoms with Gasteiger partial charge in [-0.3, -0.25) is 0 Å². The lowest BCUT2D eigenvalue weighted by atomic mass is 10.1. The molecule has 0 saturated carbocycles. The largest absolute Gasteiger partial charge is 0.418 e. The topological polar surface area (TPSA) is 62.7 Å².